The summed E-state index contributed by atoms with van der Waals surface area (Å²) >= 11 is 0. The molecular weight excluding hydrogens is 388 g/mol. The first kappa shape index (κ1) is 19.5. The van der Waals surface area contributed by atoms with Crippen molar-refractivity contribution in [3.63, 3.8) is 0 Å². The predicted octanol–water partition coefficient (Wildman–Crippen LogP) is 4.51. The van der Waals surface area contributed by atoms with E-state index in [0.717, 1.165) is 29.2 Å². The van der Waals surface area contributed by atoms with Crippen molar-refractivity contribution < 1.29 is 13.6 Å². The average Bonchev–Trinajstić information content (AvgIpc) is 3.24. The summed E-state index contributed by atoms with van der Waals surface area (Å²) in [5, 5.41) is 11.5. The first-order valence-electron chi connectivity index (χ1n) is 9.29. The molecule has 2 aromatic heterocycles. The molecule has 6 nitrogen and oxygen atoms in total. The first-order chi connectivity index (χ1) is 14.3. The highest BCUT2D eigenvalue weighted by Crippen LogP contribution is 2.23. The average molecular weight is 407 g/mol. The van der Waals surface area contributed by atoms with Gasteiger partial charge in [-0.05, 0) is 57.2 Å². The Morgan fingerprint density at radius 3 is 2.27 bits per heavy atom. The van der Waals surface area contributed by atoms with Crippen LogP contribution in [-0.2, 0) is 0 Å². The summed E-state index contributed by atoms with van der Waals surface area (Å²) in [5.74, 6) is -1.89. The van der Waals surface area contributed by atoms with Gasteiger partial charge in [0.25, 0.3) is 5.91 Å². The van der Waals surface area contributed by atoms with E-state index in [9.17, 15) is 13.6 Å². The minimum absolute atomic E-state index is 0.0657. The van der Waals surface area contributed by atoms with Crippen molar-refractivity contribution in [1.29, 1.82) is 0 Å². The van der Waals surface area contributed by atoms with Gasteiger partial charge in [-0.2, -0.15) is 10.2 Å². The van der Waals surface area contributed by atoms with Gasteiger partial charge in [0, 0.05) is 17.5 Å². The Labute approximate surface area is 171 Å². The molecule has 0 saturated heterocycles. The Balaban J connectivity index is 1.66. The highest BCUT2D eigenvalue weighted by Gasteiger charge is 2.18. The van der Waals surface area contributed by atoms with Crippen molar-refractivity contribution in [2.24, 2.45) is 0 Å². The minimum Gasteiger partial charge on any atom is -0.319 e. The third kappa shape index (κ3) is 3.59. The number of benzene rings is 2. The maximum absolute atomic E-state index is 14.1. The fraction of sp³-hybridized carbons (Fsp3) is 0.136. The van der Waals surface area contributed by atoms with Gasteiger partial charge < -0.3 is 5.32 Å². The smallest absolute Gasteiger partial charge is 0.276 e. The Morgan fingerprint density at radius 1 is 0.867 bits per heavy atom. The second-order valence-electron chi connectivity index (χ2n) is 6.99. The van der Waals surface area contributed by atoms with E-state index in [1.54, 1.807) is 23.7 Å². The lowest BCUT2D eigenvalue weighted by atomic mass is 10.2. The maximum Gasteiger partial charge on any atom is 0.276 e. The number of hydrogen-bond donors (Lipinski definition) is 1. The van der Waals surface area contributed by atoms with Crippen molar-refractivity contribution in [3.05, 3.63) is 89.0 Å². The van der Waals surface area contributed by atoms with Crippen LogP contribution in [0.5, 0.6) is 0 Å². The van der Waals surface area contributed by atoms with Crippen molar-refractivity contribution in [3.8, 4) is 11.4 Å². The topological polar surface area (TPSA) is 64.7 Å². The normalized spacial score (nSPS) is 11.0. The van der Waals surface area contributed by atoms with Gasteiger partial charge in [-0.1, -0.05) is 12.1 Å². The van der Waals surface area contributed by atoms with Crippen LogP contribution in [0.15, 0.2) is 54.6 Å². The molecule has 0 atom stereocenters. The molecule has 0 spiro atoms. The molecule has 0 fully saturated rings. The van der Waals surface area contributed by atoms with Gasteiger partial charge in [0.1, 0.15) is 11.5 Å². The Bertz CT molecular complexity index is 1260. The number of anilines is 1. The van der Waals surface area contributed by atoms with Gasteiger partial charge in [-0.25, -0.2) is 18.1 Å². The number of para-hydroxylation sites is 2. The van der Waals surface area contributed by atoms with E-state index < -0.39 is 17.5 Å². The van der Waals surface area contributed by atoms with Gasteiger partial charge >= 0.3 is 0 Å². The van der Waals surface area contributed by atoms with E-state index in [1.807, 2.05) is 38.1 Å². The Morgan fingerprint density at radius 2 is 1.57 bits per heavy atom. The molecule has 0 unspecified atom stereocenters. The quantitative estimate of drug-likeness (QED) is 0.541. The number of aromatic nitrogens is 4. The number of hydrogen-bond acceptors (Lipinski definition) is 3. The van der Waals surface area contributed by atoms with Gasteiger partial charge in [-0.3, -0.25) is 4.79 Å². The van der Waals surface area contributed by atoms with E-state index in [0.29, 0.717) is 11.4 Å². The molecular formula is C22H19F2N5O. The Hall–Kier alpha value is -3.81. The van der Waals surface area contributed by atoms with Crippen LogP contribution in [0.3, 0.4) is 0 Å². The molecule has 0 aliphatic rings. The van der Waals surface area contributed by atoms with Crippen molar-refractivity contribution in [2.75, 3.05) is 5.32 Å². The van der Waals surface area contributed by atoms with Crippen LogP contribution >= 0.6 is 0 Å². The zero-order valence-electron chi connectivity index (χ0n) is 16.6. The third-order valence-corrected chi connectivity index (χ3v) is 4.65. The molecule has 1 amide bonds. The van der Waals surface area contributed by atoms with Gasteiger partial charge in [-0.15, -0.1) is 0 Å². The molecule has 0 aliphatic carbocycles. The summed E-state index contributed by atoms with van der Waals surface area (Å²) in [6, 6.07) is 14.0. The highest BCUT2D eigenvalue weighted by atomic mass is 19.1. The Kier molecular flexibility index (Phi) is 4.91. The molecule has 2 aromatic carbocycles. The lowest BCUT2D eigenvalue weighted by molar-refractivity contribution is 0.102. The highest BCUT2D eigenvalue weighted by molar-refractivity contribution is 6.04. The molecule has 4 aromatic rings. The van der Waals surface area contributed by atoms with Gasteiger partial charge in [0.05, 0.1) is 17.1 Å². The van der Waals surface area contributed by atoms with E-state index in [-0.39, 0.29) is 11.4 Å². The molecule has 2 heterocycles. The molecule has 1 N–H and O–H groups in total. The van der Waals surface area contributed by atoms with Crippen LogP contribution in [0.25, 0.3) is 11.4 Å². The molecule has 4 rings (SSSR count). The van der Waals surface area contributed by atoms with E-state index in [4.69, 9.17) is 0 Å². The SMILES string of the molecule is Cc1cc(C)n(-c2ccccc2NC(=O)c2cc(C)n(-c3ccc(F)cc3F)n2)n1. The summed E-state index contributed by atoms with van der Waals surface area (Å²) < 4.78 is 30.4. The van der Waals surface area contributed by atoms with E-state index in [2.05, 4.69) is 15.5 Å². The molecule has 30 heavy (non-hydrogen) atoms. The number of nitrogens with one attached hydrogen (secondary N) is 1. The standard InChI is InChI=1S/C22H19F2N5O/c1-13-10-14(2)29(26-13)21-7-5-4-6-18(21)25-22(30)19-11-15(3)28(27-19)20-9-8-16(23)12-17(20)24/h4-12H,1-3H3,(H,25,30). The molecule has 0 saturated carbocycles. The number of amides is 1. The van der Waals surface area contributed by atoms with Crippen LogP contribution in [0, 0.1) is 32.4 Å². The molecule has 0 bridgehead atoms. The molecule has 152 valence electrons. The van der Waals surface area contributed by atoms with Crippen LogP contribution in [0.2, 0.25) is 0 Å². The maximum atomic E-state index is 14.1. The van der Waals surface area contributed by atoms with Crippen LogP contribution in [0.1, 0.15) is 27.6 Å². The number of nitrogens with zero attached hydrogens (tertiary/aromatic N) is 4. The van der Waals surface area contributed by atoms with Crippen molar-refractivity contribution in [2.45, 2.75) is 20.8 Å². The summed E-state index contributed by atoms with van der Waals surface area (Å²) in [7, 11) is 0. The third-order valence-electron chi connectivity index (χ3n) is 4.65. The van der Waals surface area contributed by atoms with Crippen molar-refractivity contribution in [1.82, 2.24) is 19.6 Å². The van der Waals surface area contributed by atoms with E-state index in [1.165, 1.54) is 10.7 Å². The summed E-state index contributed by atoms with van der Waals surface area (Å²) in [4.78, 5) is 12.9. The van der Waals surface area contributed by atoms with Crippen LogP contribution < -0.4 is 5.32 Å². The molecule has 0 radical (unpaired) electrons. The number of carbonyl (C=O) groups is 1. The summed E-state index contributed by atoms with van der Waals surface area (Å²) in [6.07, 6.45) is 0. The largest absolute Gasteiger partial charge is 0.319 e. The van der Waals surface area contributed by atoms with Crippen LogP contribution in [0.4, 0.5) is 14.5 Å². The minimum atomic E-state index is -0.761. The fourth-order valence-electron chi connectivity index (χ4n) is 3.31. The van der Waals surface area contributed by atoms with Crippen molar-refractivity contribution >= 4 is 11.6 Å². The summed E-state index contributed by atoms with van der Waals surface area (Å²) in [5.41, 5.74) is 3.80. The zero-order chi connectivity index (χ0) is 21.4. The monoisotopic (exact) mass is 407 g/mol. The molecule has 0 aliphatic heterocycles. The van der Waals surface area contributed by atoms with Gasteiger partial charge in [0.2, 0.25) is 0 Å². The fourth-order valence-corrected chi connectivity index (χ4v) is 3.31. The molecule has 8 heteroatoms. The first-order valence-corrected chi connectivity index (χ1v) is 9.29. The van der Waals surface area contributed by atoms with Gasteiger partial charge in [0.15, 0.2) is 11.5 Å². The van der Waals surface area contributed by atoms with E-state index >= 15 is 0 Å². The second-order valence-corrected chi connectivity index (χ2v) is 6.99. The lowest BCUT2D eigenvalue weighted by Crippen LogP contribution is -2.15. The predicted molar refractivity (Wildman–Crippen MR) is 109 cm³/mol. The number of halogens is 2. The number of carbonyl (C=O) groups excluding carboxylic acids is 1. The van der Waals surface area contributed by atoms with Crippen LogP contribution in [-0.4, -0.2) is 25.5 Å². The number of aryl methyl sites for hydroxylation is 3. The number of rotatable bonds is 4. The zero-order valence-corrected chi connectivity index (χ0v) is 16.6. The lowest BCUT2D eigenvalue weighted by Gasteiger charge is -2.11. The summed E-state index contributed by atoms with van der Waals surface area (Å²) in [6.45, 7) is 5.52. The second kappa shape index (κ2) is 7.55.